The standard InChI is InChI=1S/C10H18N2O3/c1-15-8-4-2-7(3-5-8)10-11-6-9(13)12(10)14/h7-8,10-11,14H,2-6H2,1H3/t7?,8?,10-/m1/s1. The summed E-state index contributed by atoms with van der Waals surface area (Å²) >= 11 is 0. The van der Waals surface area contributed by atoms with Crippen molar-refractivity contribution in [2.24, 2.45) is 5.92 Å². The summed E-state index contributed by atoms with van der Waals surface area (Å²) < 4.78 is 5.29. The van der Waals surface area contributed by atoms with Crippen molar-refractivity contribution in [2.75, 3.05) is 13.7 Å². The minimum Gasteiger partial charge on any atom is -0.381 e. The molecule has 0 aromatic rings. The first-order chi connectivity index (χ1) is 7.22. The highest BCUT2D eigenvalue weighted by molar-refractivity contribution is 5.79. The smallest absolute Gasteiger partial charge is 0.261 e. The molecule has 2 aliphatic rings. The van der Waals surface area contributed by atoms with E-state index in [1.807, 2.05) is 0 Å². The molecule has 0 unspecified atom stereocenters. The van der Waals surface area contributed by atoms with Crippen LogP contribution in [0.25, 0.3) is 0 Å². The minimum atomic E-state index is -0.228. The summed E-state index contributed by atoms with van der Waals surface area (Å²) in [4.78, 5) is 11.1. The first-order valence-electron chi connectivity index (χ1n) is 5.49. The van der Waals surface area contributed by atoms with Gasteiger partial charge in [0, 0.05) is 7.11 Å². The van der Waals surface area contributed by atoms with Crippen LogP contribution < -0.4 is 5.32 Å². The highest BCUT2D eigenvalue weighted by Crippen LogP contribution is 2.30. The predicted molar refractivity (Wildman–Crippen MR) is 53.2 cm³/mol. The maximum Gasteiger partial charge on any atom is 0.261 e. The molecule has 0 aromatic carbocycles. The van der Waals surface area contributed by atoms with E-state index in [0.29, 0.717) is 12.0 Å². The molecular weight excluding hydrogens is 196 g/mol. The SMILES string of the molecule is COC1CCC([C@@H]2NCC(=O)N2O)CC1. The molecule has 0 bridgehead atoms. The molecule has 0 aromatic heterocycles. The number of rotatable bonds is 2. The number of nitrogens with zero attached hydrogens (tertiary/aromatic N) is 1. The van der Waals surface area contributed by atoms with E-state index in [1.165, 1.54) is 0 Å². The summed E-state index contributed by atoms with van der Waals surface area (Å²) in [5.41, 5.74) is 0. The summed E-state index contributed by atoms with van der Waals surface area (Å²) in [7, 11) is 1.74. The molecule has 1 amide bonds. The van der Waals surface area contributed by atoms with Crippen molar-refractivity contribution in [3.05, 3.63) is 0 Å². The lowest BCUT2D eigenvalue weighted by atomic mass is 9.85. The van der Waals surface area contributed by atoms with Crippen LogP contribution >= 0.6 is 0 Å². The number of methoxy groups -OCH3 is 1. The monoisotopic (exact) mass is 214 g/mol. The second kappa shape index (κ2) is 4.47. The molecular formula is C10H18N2O3. The fourth-order valence-electron chi connectivity index (χ4n) is 2.52. The summed E-state index contributed by atoms with van der Waals surface area (Å²) in [5.74, 6) is 0.127. The zero-order valence-electron chi connectivity index (χ0n) is 8.98. The van der Waals surface area contributed by atoms with Crippen molar-refractivity contribution < 1.29 is 14.7 Å². The van der Waals surface area contributed by atoms with E-state index in [-0.39, 0.29) is 18.6 Å². The zero-order valence-corrected chi connectivity index (χ0v) is 8.98. The van der Waals surface area contributed by atoms with E-state index in [2.05, 4.69) is 5.32 Å². The van der Waals surface area contributed by atoms with Gasteiger partial charge >= 0.3 is 0 Å². The van der Waals surface area contributed by atoms with Crippen molar-refractivity contribution in [2.45, 2.75) is 38.0 Å². The second-order valence-electron chi connectivity index (χ2n) is 4.34. The van der Waals surface area contributed by atoms with Crippen molar-refractivity contribution in [1.29, 1.82) is 0 Å². The first-order valence-corrected chi connectivity index (χ1v) is 5.49. The molecule has 0 spiro atoms. The number of hydroxylamine groups is 2. The summed E-state index contributed by atoms with van der Waals surface area (Å²) in [6.45, 7) is 0.255. The molecule has 1 atom stereocenters. The van der Waals surface area contributed by atoms with Crippen molar-refractivity contribution in [3.63, 3.8) is 0 Å². The number of amides is 1. The van der Waals surface area contributed by atoms with E-state index in [1.54, 1.807) is 7.11 Å². The topological polar surface area (TPSA) is 61.8 Å². The van der Waals surface area contributed by atoms with Gasteiger partial charge in [-0.3, -0.25) is 15.3 Å². The fourth-order valence-corrected chi connectivity index (χ4v) is 2.52. The Morgan fingerprint density at radius 3 is 2.53 bits per heavy atom. The van der Waals surface area contributed by atoms with Crippen LogP contribution in [0, 0.1) is 5.92 Å². The Morgan fingerprint density at radius 2 is 2.07 bits per heavy atom. The average molecular weight is 214 g/mol. The number of hydrogen-bond donors (Lipinski definition) is 2. The Kier molecular flexibility index (Phi) is 3.23. The third-order valence-electron chi connectivity index (χ3n) is 3.48. The molecule has 2 rings (SSSR count). The Balaban J connectivity index is 1.88. The van der Waals surface area contributed by atoms with Crippen LogP contribution in [0.2, 0.25) is 0 Å². The zero-order chi connectivity index (χ0) is 10.8. The van der Waals surface area contributed by atoms with Gasteiger partial charge in [0.2, 0.25) is 0 Å². The Bertz CT molecular complexity index is 239. The quantitative estimate of drug-likeness (QED) is 0.651. The van der Waals surface area contributed by atoms with Gasteiger partial charge < -0.3 is 4.74 Å². The van der Waals surface area contributed by atoms with Crippen LogP contribution in [-0.2, 0) is 9.53 Å². The van der Waals surface area contributed by atoms with Crippen LogP contribution in [0.4, 0.5) is 0 Å². The molecule has 0 radical (unpaired) electrons. The van der Waals surface area contributed by atoms with Crippen LogP contribution in [-0.4, -0.2) is 42.1 Å². The fraction of sp³-hybridized carbons (Fsp3) is 0.900. The van der Waals surface area contributed by atoms with Gasteiger partial charge in [0.05, 0.1) is 12.6 Å². The molecule has 1 saturated carbocycles. The summed E-state index contributed by atoms with van der Waals surface area (Å²) in [6, 6.07) is 0. The highest BCUT2D eigenvalue weighted by Gasteiger charge is 2.37. The molecule has 1 saturated heterocycles. The number of carbonyl (C=O) groups excluding carboxylic acids is 1. The first kappa shape index (κ1) is 10.9. The molecule has 1 aliphatic heterocycles. The Labute approximate surface area is 89.3 Å². The van der Waals surface area contributed by atoms with E-state index in [0.717, 1.165) is 30.7 Å². The maximum absolute atomic E-state index is 11.1. The lowest BCUT2D eigenvalue weighted by Crippen LogP contribution is -2.43. The third kappa shape index (κ3) is 2.14. The van der Waals surface area contributed by atoms with Crippen molar-refractivity contribution >= 4 is 5.91 Å². The molecule has 5 nitrogen and oxygen atoms in total. The lowest BCUT2D eigenvalue weighted by molar-refractivity contribution is -0.171. The van der Waals surface area contributed by atoms with Crippen LogP contribution in [0.15, 0.2) is 0 Å². The van der Waals surface area contributed by atoms with E-state index in [9.17, 15) is 10.0 Å². The second-order valence-corrected chi connectivity index (χ2v) is 4.34. The number of ether oxygens (including phenoxy) is 1. The number of hydrogen-bond acceptors (Lipinski definition) is 4. The van der Waals surface area contributed by atoms with E-state index in [4.69, 9.17) is 4.74 Å². The Hall–Kier alpha value is -0.650. The van der Waals surface area contributed by atoms with Gasteiger partial charge in [-0.05, 0) is 31.6 Å². The van der Waals surface area contributed by atoms with Crippen molar-refractivity contribution in [3.8, 4) is 0 Å². The average Bonchev–Trinajstić information content (AvgIpc) is 2.60. The molecule has 5 heteroatoms. The maximum atomic E-state index is 11.1. The molecule has 2 N–H and O–H groups in total. The van der Waals surface area contributed by atoms with Gasteiger partial charge in [-0.25, -0.2) is 5.06 Å². The molecule has 2 fully saturated rings. The van der Waals surface area contributed by atoms with Crippen LogP contribution in [0.5, 0.6) is 0 Å². The molecule has 1 aliphatic carbocycles. The van der Waals surface area contributed by atoms with Gasteiger partial charge in [-0.15, -0.1) is 0 Å². The number of carbonyl (C=O) groups is 1. The van der Waals surface area contributed by atoms with Crippen LogP contribution in [0.1, 0.15) is 25.7 Å². The van der Waals surface area contributed by atoms with Gasteiger partial charge in [0.1, 0.15) is 6.17 Å². The normalized spacial score (nSPS) is 37.3. The van der Waals surface area contributed by atoms with Crippen LogP contribution in [0.3, 0.4) is 0 Å². The highest BCUT2D eigenvalue weighted by atomic mass is 16.5. The number of nitrogens with one attached hydrogen (secondary N) is 1. The molecule has 1 heterocycles. The van der Waals surface area contributed by atoms with E-state index >= 15 is 0 Å². The van der Waals surface area contributed by atoms with Gasteiger partial charge in [0.25, 0.3) is 5.91 Å². The largest absolute Gasteiger partial charge is 0.381 e. The summed E-state index contributed by atoms with van der Waals surface area (Å²) in [6.07, 6.45) is 4.20. The van der Waals surface area contributed by atoms with Gasteiger partial charge in [-0.1, -0.05) is 0 Å². The molecule has 15 heavy (non-hydrogen) atoms. The molecule has 86 valence electrons. The van der Waals surface area contributed by atoms with Gasteiger partial charge in [-0.2, -0.15) is 0 Å². The summed E-state index contributed by atoms with van der Waals surface area (Å²) in [5, 5.41) is 13.4. The Morgan fingerprint density at radius 1 is 1.40 bits per heavy atom. The van der Waals surface area contributed by atoms with E-state index < -0.39 is 0 Å². The third-order valence-corrected chi connectivity index (χ3v) is 3.48. The van der Waals surface area contributed by atoms with Gasteiger partial charge in [0.15, 0.2) is 0 Å². The minimum absolute atomic E-state index is 0.185. The van der Waals surface area contributed by atoms with Crippen molar-refractivity contribution in [1.82, 2.24) is 10.4 Å². The predicted octanol–water partition coefficient (Wildman–Crippen LogP) is 0.339. The lowest BCUT2D eigenvalue weighted by Gasteiger charge is -2.33.